The van der Waals surface area contributed by atoms with E-state index in [9.17, 15) is 9.59 Å². The second kappa shape index (κ2) is 10.6. The Balaban J connectivity index is 1.56. The number of aromatic amines is 1. The maximum atomic E-state index is 12.8. The summed E-state index contributed by atoms with van der Waals surface area (Å²) < 4.78 is 0.471. The molecule has 1 heterocycles. The van der Waals surface area contributed by atoms with Gasteiger partial charge in [-0.2, -0.15) is 0 Å². The van der Waals surface area contributed by atoms with Crippen molar-refractivity contribution in [1.82, 2.24) is 15.5 Å². The molecule has 3 N–H and O–H groups in total. The molecule has 6 nitrogen and oxygen atoms in total. The molecule has 0 bridgehead atoms. The molecule has 0 aliphatic carbocycles. The minimum Gasteiger partial charge on any atom is -0.341 e. The molecule has 3 rings (SSSR count). The van der Waals surface area contributed by atoms with Crippen LogP contribution in [0.3, 0.4) is 0 Å². The van der Waals surface area contributed by atoms with Crippen molar-refractivity contribution >= 4 is 40.5 Å². The Morgan fingerprint density at radius 1 is 1.03 bits per heavy atom. The normalized spacial score (nSPS) is 11.6. The van der Waals surface area contributed by atoms with Crippen molar-refractivity contribution < 1.29 is 9.59 Å². The van der Waals surface area contributed by atoms with Crippen molar-refractivity contribution in [3.63, 3.8) is 0 Å². The van der Waals surface area contributed by atoms with Gasteiger partial charge in [0.25, 0.3) is 5.91 Å². The quantitative estimate of drug-likeness (QED) is 0.349. The third-order valence-electron chi connectivity index (χ3n) is 4.33. The fourth-order valence-electron chi connectivity index (χ4n) is 2.90. The molecular weight excluding hydrogens is 404 g/mol. The Hall–Kier alpha value is -2.84. The van der Waals surface area contributed by atoms with E-state index in [0.717, 1.165) is 19.3 Å². The summed E-state index contributed by atoms with van der Waals surface area (Å²) in [4.78, 5) is 25.2. The second-order valence-corrected chi connectivity index (χ2v) is 8.18. The summed E-state index contributed by atoms with van der Waals surface area (Å²) >= 11 is 6.15. The fourth-order valence-corrected chi connectivity index (χ4v) is 3.69. The number of nitrogens with zero attached hydrogens (tertiary/aromatic N) is 1. The largest absolute Gasteiger partial charge is 0.341 e. The number of H-pyrrole nitrogens is 1. The predicted molar refractivity (Wildman–Crippen MR) is 117 cm³/mol. The van der Waals surface area contributed by atoms with Gasteiger partial charge in [0.15, 0.2) is 3.95 Å². The lowest BCUT2D eigenvalue weighted by atomic mass is 10.0. The van der Waals surface area contributed by atoms with Gasteiger partial charge >= 0.3 is 0 Å². The van der Waals surface area contributed by atoms with Crippen LogP contribution in [0.4, 0.5) is 5.13 Å². The van der Waals surface area contributed by atoms with E-state index in [1.54, 1.807) is 0 Å². The molecule has 0 aliphatic heterocycles. The highest BCUT2D eigenvalue weighted by Gasteiger charge is 2.23. The molecule has 150 valence electrons. The Labute approximate surface area is 178 Å². The van der Waals surface area contributed by atoms with Gasteiger partial charge in [-0.05, 0) is 42.6 Å². The van der Waals surface area contributed by atoms with Crippen LogP contribution >= 0.6 is 23.6 Å². The van der Waals surface area contributed by atoms with Gasteiger partial charge in [-0.25, -0.2) is 0 Å². The minimum atomic E-state index is -0.796. The number of rotatable bonds is 9. The summed E-state index contributed by atoms with van der Waals surface area (Å²) in [5, 5.41) is 12.5. The molecule has 0 radical (unpaired) electrons. The van der Waals surface area contributed by atoms with Crippen molar-refractivity contribution in [2.24, 2.45) is 0 Å². The Kier molecular flexibility index (Phi) is 7.66. The van der Waals surface area contributed by atoms with E-state index in [1.807, 2.05) is 48.5 Å². The van der Waals surface area contributed by atoms with Crippen molar-refractivity contribution in [3.05, 3.63) is 75.7 Å². The standard InChI is InChI=1S/C21H22N4O2S2/c26-17(14-8-7-11-15-9-3-1-4-10-15)22-18(16-12-5-2-6-13-16)19(27)23-20-24-25-21(28)29-20/h1-6,9-10,12-13,18H,7-8,11,14H2,(H,22,26)(H,25,28)(H,23,24,27). The van der Waals surface area contributed by atoms with Crippen LogP contribution in [-0.2, 0) is 16.0 Å². The molecule has 0 spiro atoms. The minimum absolute atomic E-state index is 0.156. The third kappa shape index (κ3) is 6.62. The predicted octanol–water partition coefficient (Wildman–Crippen LogP) is 4.41. The van der Waals surface area contributed by atoms with Crippen LogP contribution in [0.1, 0.15) is 36.4 Å². The van der Waals surface area contributed by atoms with Crippen LogP contribution in [0.25, 0.3) is 0 Å². The van der Waals surface area contributed by atoms with Gasteiger partial charge in [0.2, 0.25) is 11.0 Å². The van der Waals surface area contributed by atoms with Gasteiger partial charge in [-0.3, -0.25) is 20.0 Å². The topological polar surface area (TPSA) is 86.9 Å². The van der Waals surface area contributed by atoms with Gasteiger partial charge in [-0.15, -0.1) is 5.10 Å². The molecule has 29 heavy (non-hydrogen) atoms. The van der Waals surface area contributed by atoms with E-state index in [4.69, 9.17) is 12.2 Å². The maximum absolute atomic E-state index is 12.8. The molecule has 0 fully saturated rings. The first-order valence-corrected chi connectivity index (χ1v) is 10.6. The first kappa shape index (κ1) is 20.9. The molecule has 2 amide bonds. The summed E-state index contributed by atoms with van der Waals surface area (Å²) in [6.07, 6.45) is 2.96. The Morgan fingerprint density at radius 2 is 1.72 bits per heavy atom. The molecule has 1 atom stereocenters. The maximum Gasteiger partial charge on any atom is 0.253 e. The SMILES string of the molecule is O=C(CCCCc1ccccc1)NC(C(=O)Nc1n[nH]c(=S)s1)c1ccccc1. The molecule has 0 aliphatic rings. The number of aryl methyl sites for hydroxylation is 1. The summed E-state index contributed by atoms with van der Waals surface area (Å²) in [6.45, 7) is 0. The summed E-state index contributed by atoms with van der Waals surface area (Å²) in [7, 11) is 0. The number of aromatic nitrogens is 2. The van der Waals surface area contributed by atoms with E-state index < -0.39 is 6.04 Å². The van der Waals surface area contributed by atoms with Gasteiger partial charge in [0, 0.05) is 6.42 Å². The number of nitrogens with one attached hydrogen (secondary N) is 3. The summed E-state index contributed by atoms with van der Waals surface area (Å²) in [5.74, 6) is -0.511. The Morgan fingerprint density at radius 3 is 2.38 bits per heavy atom. The number of hydrogen-bond donors (Lipinski definition) is 3. The lowest BCUT2D eigenvalue weighted by molar-refractivity contribution is -0.126. The molecule has 1 unspecified atom stereocenters. The zero-order valence-electron chi connectivity index (χ0n) is 15.8. The monoisotopic (exact) mass is 426 g/mol. The summed E-state index contributed by atoms with van der Waals surface area (Å²) in [5.41, 5.74) is 1.97. The number of amides is 2. The highest BCUT2D eigenvalue weighted by atomic mass is 32.1. The van der Waals surface area contributed by atoms with Crippen LogP contribution in [0, 0.1) is 3.95 Å². The van der Waals surface area contributed by atoms with E-state index >= 15 is 0 Å². The number of unbranched alkanes of at least 4 members (excludes halogenated alkanes) is 1. The lowest BCUT2D eigenvalue weighted by Crippen LogP contribution is -2.36. The van der Waals surface area contributed by atoms with Crippen LogP contribution in [0.5, 0.6) is 0 Å². The first-order chi connectivity index (χ1) is 14.1. The lowest BCUT2D eigenvalue weighted by Gasteiger charge is -2.18. The van der Waals surface area contributed by atoms with E-state index in [1.165, 1.54) is 16.9 Å². The summed E-state index contributed by atoms with van der Waals surface area (Å²) in [6, 6.07) is 18.5. The fraction of sp³-hybridized carbons (Fsp3) is 0.238. The van der Waals surface area contributed by atoms with Crippen molar-refractivity contribution in [2.45, 2.75) is 31.7 Å². The molecule has 0 saturated carbocycles. The van der Waals surface area contributed by atoms with E-state index in [-0.39, 0.29) is 11.8 Å². The number of anilines is 1. The van der Waals surface area contributed by atoms with E-state index in [2.05, 4.69) is 33.0 Å². The van der Waals surface area contributed by atoms with Crippen molar-refractivity contribution in [3.8, 4) is 0 Å². The number of hydrogen-bond acceptors (Lipinski definition) is 5. The van der Waals surface area contributed by atoms with Crippen LogP contribution in [-0.4, -0.2) is 22.0 Å². The highest BCUT2D eigenvalue weighted by molar-refractivity contribution is 7.73. The first-order valence-electron chi connectivity index (χ1n) is 9.36. The Bertz CT molecular complexity index is 986. The average molecular weight is 427 g/mol. The van der Waals surface area contributed by atoms with Gasteiger partial charge < -0.3 is 5.32 Å². The molecular formula is C21H22N4O2S2. The number of carbonyl (C=O) groups is 2. The highest BCUT2D eigenvalue weighted by Crippen LogP contribution is 2.18. The van der Waals surface area contributed by atoms with Crippen LogP contribution in [0.15, 0.2) is 60.7 Å². The van der Waals surface area contributed by atoms with Gasteiger partial charge in [0.05, 0.1) is 0 Å². The molecule has 8 heteroatoms. The van der Waals surface area contributed by atoms with Gasteiger partial charge in [0.1, 0.15) is 6.04 Å². The van der Waals surface area contributed by atoms with Crippen LogP contribution < -0.4 is 10.6 Å². The van der Waals surface area contributed by atoms with Crippen molar-refractivity contribution in [2.75, 3.05) is 5.32 Å². The third-order valence-corrected chi connectivity index (χ3v) is 5.34. The molecule has 2 aromatic carbocycles. The average Bonchev–Trinajstić information content (AvgIpc) is 3.15. The zero-order chi connectivity index (χ0) is 20.5. The second-order valence-electron chi connectivity index (χ2n) is 6.51. The van der Waals surface area contributed by atoms with E-state index in [0.29, 0.717) is 21.1 Å². The van der Waals surface area contributed by atoms with Gasteiger partial charge in [-0.1, -0.05) is 72.0 Å². The smallest absolute Gasteiger partial charge is 0.253 e. The zero-order valence-corrected chi connectivity index (χ0v) is 17.4. The number of benzene rings is 2. The number of carbonyl (C=O) groups excluding carboxylic acids is 2. The molecule has 0 saturated heterocycles. The molecule has 1 aromatic heterocycles. The van der Waals surface area contributed by atoms with Crippen LogP contribution in [0.2, 0.25) is 0 Å². The molecule has 3 aromatic rings. The van der Waals surface area contributed by atoms with Crippen molar-refractivity contribution in [1.29, 1.82) is 0 Å².